The van der Waals surface area contributed by atoms with Crippen molar-refractivity contribution in [2.75, 3.05) is 18.5 Å². The van der Waals surface area contributed by atoms with E-state index in [2.05, 4.69) is 10.6 Å². The number of ether oxygens (including phenoxy) is 1. The zero-order valence-electron chi connectivity index (χ0n) is 11.0. The maximum atomic E-state index is 12.0. The third-order valence-corrected chi connectivity index (χ3v) is 2.90. The minimum absolute atomic E-state index is 0.0848. The van der Waals surface area contributed by atoms with Gasteiger partial charge in [0.2, 0.25) is 0 Å². The minimum atomic E-state index is -1.22. The number of carboxylic acid groups (broad SMARTS) is 1. The first-order valence-corrected chi connectivity index (χ1v) is 6.22. The summed E-state index contributed by atoms with van der Waals surface area (Å²) >= 11 is 0. The number of aliphatic hydroxyl groups is 1. The van der Waals surface area contributed by atoms with Crippen molar-refractivity contribution in [3.05, 3.63) is 23.8 Å². The maximum Gasteiger partial charge on any atom is 0.326 e. The van der Waals surface area contributed by atoms with Gasteiger partial charge in [0, 0.05) is 18.6 Å². The van der Waals surface area contributed by atoms with Crippen LogP contribution in [-0.4, -0.2) is 47.3 Å². The summed E-state index contributed by atoms with van der Waals surface area (Å²) in [6.45, 7) is -0.489. The summed E-state index contributed by atoms with van der Waals surface area (Å²) in [5, 5.41) is 22.6. The highest BCUT2D eigenvalue weighted by atomic mass is 16.5. The van der Waals surface area contributed by atoms with Crippen LogP contribution in [0.1, 0.15) is 16.8 Å². The Kier molecular flexibility index (Phi) is 4.39. The second kappa shape index (κ2) is 6.23. The van der Waals surface area contributed by atoms with Crippen LogP contribution in [0, 0.1) is 0 Å². The lowest BCUT2D eigenvalue weighted by Gasteiger charge is -2.19. The number of carbonyl (C=O) groups excluding carboxylic acids is 2. The molecule has 8 nitrogen and oxygen atoms in total. The molecule has 0 bridgehead atoms. The first-order chi connectivity index (χ1) is 10.0. The molecule has 0 aromatic heterocycles. The molecule has 1 atom stereocenters. The Labute approximate surface area is 119 Å². The number of aliphatic hydroxyl groups excluding tert-OH is 1. The van der Waals surface area contributed by atoms with Crippen molar-refractivity contribution in [1.82, 2.24) is 5.32 Å². The number of rotatable bonds is 5. The number of hydrogen-bond donors (Lipinski definition) is 4. The normalized spacial score (nSPS) is 14.4. The topological polar surface area (TPSA) is 125 Å². The van der Waals surface area contributed by atoms with Crippen molar-refractivity contribution in [2.45, 2.75) is 12.5 Å². The van der Waals surface area contributed by atoms with E-state index >= 15 is 0 Å². The highest BCUT2D eigenvalue weighted by Crippen LogP contribution is 2.28. The molecule has 0 radical (unpaired) electrons. The van der Waals surface area contributed by atoms with E-state index in [1.165, 1.54) is 18.2 Å². The molecule has 0 fully saturated rings. The Hall–Kier alpha value is -2.61. The fourth-order valence-electron chi connectivity index (χ4n) is 1.84. The number of carbonyl (C=O) groups is 3. The van der Waals surface area contributed by atoms with Crippen molar-refractivity contribution in [2.24, 2.45) is 0 Å². The third kappa shape index (κ3) is 3.48. The first-order valence-electron chi connectivity index (χ1n) is 6.22. The van der Waals surface area contributed by atoms with E-state index < -0.39 is 17.9 Å². The number of benzene rings is 1. The number of amides is 2. The molecule has 0 saturated carbocycles. The number of anilines is 1. The molecule has 1 aliphatic heterocycles. The standard InChI is InChI=1S/C13H14N2O6/c16-4-3-9(13(19)20)15-12(18)7-1-2-8-10(5-7)21-6-11(17)14-8/h1-2,5,9,16H,3-4,6H2,(H,14,17)(H,15,18)(H,19,20)/t9-/m0/s1. The van der Waals surface area contributed by atoms with Gasteiger partial charge in [-0.15, -0.1) is 0 Å². The molecule has 0 unspecified atom stereocenters. The lowest BCUT2D eigenvalue weighted by Crippen LogP contribution is -2.41. The van der Waals surface area contributed by atoms with Gasteiger partial charge in [0.25, 0.3) is 11.8 Å². The molecule has 2 rings (SSSR count). The summed E-state index contributed by atoms with van der Waals surface area (Å²) < 4.78 is 5.18. The van der Waals surface area contributed by atoms with Crippen LogP contribution >= 0.6 is 0 Å². The summed E-state index contributed by atoms with van der Waals surface area (Å²) in [6.07, 6.45) is -0.0848. The predicted octanol–water partition coefficient (Wildman–Crippen LogP) is -0.417. The van der Waals surface area contributed by atoms with Crippen molar-refractivity contribution in [1.29, 1.82) is 0 Å². The lowest BCUT2D eigenvalue weighted by atomic mass is 10.1. The summed E-state index contributed by atoms with van der Waals surface area (Å²) in [4.78, 5) is 34.0. The molecule has 2 amide bonds. The second-order valence-electron chi connectivity index (χ2n) is 4.42. The van der Waals surface area contributed by atoms with Crippen molar-refractivity contribution in [3.63, 3.8) is 0 Å². The van der Waals surface area contributed by atoms with E-state index in [1.807, 2.05) is 0 Å². The molecule has 0 saturated heterocycles. The molecule has 0 aliphatic carbocycles. The van der Waals surface area contributed by atoms with Gasteiger partial charge in [-0.05, 0) is 18.2 Å². The van der Waals surface area contributed by atoms with Crippen LogP contribution in [0.3, 0.4) is 0 Å². The molecule has 0 spiro atoms. The van der Waals surface area contributed by atoms with Crippen molar-refractivity contribution in [3.8, 4) is 5.75 Å². The smallest absolute Gasteiger partial charge is 0.326 e. The van der Waals surface area contributed by atoms with Gasteiger partial charge in [0.05, 0.1) is 5.69 Å². The second-order valence-corrected chi connectivity index (χ2v) is 4.42. The average molecular weight is 294 g/mol. The van der Waals surface area contributed by atoms with Gasteiger partial charge < -0.3 is 25.6 Å². The van der Waals surface area contributed by atoms with Gasteiger partial charge in [-0.3, -0.25) is 9.59 Å². The van der Waals surface area contributed by atoms with Crippen LogP contribution in [0.5, 0.6) is 5.75 Å². The number of carboxylic acids is 1. The van der Waals surface area contributed by atoms with Crippen LogP contribution < -0.4 is 15.4 Å². The number of aliphatic carboxylic acids is 1. The van der Waals surface area contributed by atoms with Gasteiger partial charge in [0.15, 0.2) is 6.61 Å². The van der Waals surface area contributed by atoms with E-state index in [9.17, 15) is 14.4 Å². The monoisotopic (exact) mass is 294 g/mol. The van der Waals surface area contributed by atoms with Crippen LogP contribution in [0.25, 0.3) is 0 Å². The Morgan fingerprint density at radius 1 is 1.43 bits per heavy atom. The van der Waals surface area contributed by atoms with Gasteiger partial charge in [-0.2, -0.15) is 0 Å². The SMILES string of the molecule is O=C1COc2cc(C(=O)N[C@@H](CCO)C(=O)O)ccc2N1. The molecular weight excluding hydrogens is 280 g/mol. The lowest BCUT2D eigenvalue weighted by molar-refractivity contribution is -0.139. The number of hydrogen-bond acceptors (Lipinski definition) is 5. The van der Waals surface area contributed by atoms with Crippen molar-refractivity contribution >= 4 is 23.5 Å². The van der Waals surface area contributed by atoms with E-state index in [-0.39, 0.29) is 31.1 Å². The van der Waals surface area contributed by atoms with Gasteiger partial charge in [0.1, 0.15) is 11.8 Å². The van der Waals surface area contributed by atoms with Crippen LogP contribution in [0.15, 0.2) is 18.2 Å². The molecule has 1 aliphatic rings. The van der Waals surface area contributed by atoms with E-state index in [0.29, 0.717) is 11.4 Å². The fraction of sp³-hybridized carbons (Fsp3) is 0.308. The van der Waals surface area contributed by atoms with Crippen LogP contribution in [-0.2, 0) is 9.59 Å². The zero-order valence-corrected chi connectivity index (χ0v) is 11.0. The highest BCUT2D eigenvalue weighted by Gasteiger charge is 2.22. The molecule has 1 heterocycles. The van der Waals surface area contributed by atoms with E-state index in [4.69, 9.17) is 14.9 Å². The molecule has 1 aromatic rings. The first kappa shape index (κ1) is 14.8. The molecule has 8 heteroatoms. The van der Waals surface area contributed by atoms with Crippen LogP contribution in [0.2, 0.25) is 0 Å². The fourth-order valence-corrected chi connectivity index (χ4v) is 1.84. The van der Waals surface area contributed by atoms with Crippen LogP contribution in [0.4, 0.5) is 5.69 Å². The summed E-state index contributed by atoms with van der Waals surface area (Å²) in [7, 11) is 0. The average Bonchev–Trinajstić information content (AvgIpc) is 2.45. The minimum Gasteiger partial charge on any atom is -0.482 e. The molecule has 112 valence electrons. The van der Waals surface area contributed by atoms with E-state index in [0.717, 1.165) is 0 Å². The quantitative estimate of drug-likeness (QED) is 0.584. The summed E-state index contributed by atoms with van der Waals surface area (Å²) in [5.74, 6) is -1.76. The Morgan fingerprint density at radius 2 is 2.19 bits per heavy atom. The molecule has 4 N–H and O–H groups in total. The van der Waals surface area contributed by atoms with Gasteiger partial charge >= 0.3 is 5.97 Å². The molecular formula is C13H14N2O6. The Balaban J connectivity index is 2.13. The molecule has 1 aromatic carbocycles. The summed E-state index contributed by atoms with van der Waals surface area (Å²) in [6, 6.07) is 3.20. The number of fused-ring (bicyclic) bond motifs is 1. The van der Waals surface area contributed by atoms with Gasteiger partial charge in [-0.1, -0.05) is 0 Å². The Morgan fingerprint density at radius 3 is 2.86 bits per heavy atom. The summed E-state index contributed by atoms with van der Waals surface area (Å²) in [5.41, 5.74) is 0.655. The number of nitrogens with one attached hydrogen (secondary N) is 2. The van der Waals surface area contributed by atoms with E-state index in [1.54, 1.807) is 0 Å². The van der Waals surface area contributed by atoms with Crippen molar-refractivity contribution < 1.29 is 29.3 Å². The molecule has 21 heavy (non-hydrogen) atoms. The highest BCUT2D eigenvalue weighted by molar-refractivity contribution is 6.00. The largest absolute Gasteiger partial charge is 0.482 e. The zero-order chi connectivity index (χ0) is 15.4. The maximum absolute atomic E-state index is 12.0. The van der Waals surface area contributed by atoms with Gasteiger partial charge in [-0.25, -0.2) is 4.79 Å². The third-order valence-electron chi connectivity index (χ3n) is 2.90. The predicted molar refractivity (Wildman–Crippen MR) is 71.2 cm³/mol. The Bertz CT molecular complexity index is 586.